The highest BCUT2D eigenvalue weighted by Gasteiger charge is 2.28. The molecule has 4 nitrogen and oxygen atoms in total. The van der Waals surface area contributed by atoms with Crippen LogP contribution >= 0.6 is 11.3 Å². The van der Waals surface area contributed by atoms with Crippen LogP contribution in [0.2, 0.25) is 0 Å². The molecule has 0 fully saturated rings. The third kappa shape index (κ3) is 4.52. The van der Waals surface area contributed by atoms with Gasteiger partial charge in [0.25, 0.3) is 10.0 Å². The number of nitrogens with zero attached hydrogens (tertiary/aromatic N) is 1. The number of thiophene rings is 1. The zero-order valence-corrected chi connectivity index (χ0v) is 15.4. The molecule has 0 bridgehead atoms. The maximum Gasteiger partial charge on any atom is 0.252 e. The zero-order valence-electron chi connectivity index (χ0n) is 13.8. The number of hydrogen-bond donors (Lipinski definition) is 1. The molecule has 0 radical (unpaired) electrons. The molecule has 0 spiro atoms. The fourth-order valence-electron chi connectivity index (χ4n) is 2.31. The molecule has 1 rings (SSSR count). The average Bonchev–Trinajstić information content (AvgIpc) is 2.82. The Kier molecular flexibility index (Phi) is 7.33. The SMILES string of the molecule is CCCNCc1sc(S(=O)(=O)N(C)C(CC)CC)cc1C. The summed E-state index contributed by atoms with van der Waals surface area (Å²) in [7, 11) is -1.68. The Balaban J connectivity index is 2.96. The van der Waals surface area contributed by atoms with Gasteiger partial charge >= 0.3 is 0 Å². The lowest BCUT2D eigenvalue weighted by atomic mass is 10.2. The summed E-state index contributed by atoms with van der Waals surface area (Å²) in [6.07, 6.45) is 2.75. The summed E-state index contributed by atoms with van der Waals surface area (Å²) in [5, 5.41) is 3.33. The third-order valence-electron chi connectivity index (χ3n) is 3.80. The summed E-state index contributed by atoms with van der Waals surface area (Å²) >= 11 is 1.39. The van der Waals surface area contributed by atoms with Crippen molar-refractivity contribution >= 4 is 21.4 Å². The van der Waals surface area contributed by atoms with Crippen LogP contribution in [0.5, 0.6) is 0 Å². The van der Waals surface area contributed by atoms with E-state index in [2.05, 4.69) is 12.2 Å². The van der Waals surface area contributed by atoms with E-state index >= 15 is 0 Å². The summed E-state index contributed by atoms with van der Waals surface area (Å²) in [6, 6.07) is 1.88. The predicted octanol–water partition coefficient (Wildman–Crippen LogP) is 3.37. The lowest BCUT2D eigenvalue weighted by Gasteiger charge is -2.24. The quantitative estimate of drug-likeness (QED) is 0.705. The highest BCUT2D eigenvalue weighted by Crippen LogP contribution is 2.29. The Morgan fingerprint density at radius 2 is 1.90 bits per heavy atom. The van der Waals surface area contributed by atoms with Crippen molar-refractivity contribution < 1.29 is 8.42 Å². The normalized spacial score (nSPS) is 12.5. The maximum absolute atomic E-state index is 12.7. The van der Waals surface area contributed by atoms with E-state index in [0.717, 1.165) is 42.8 Å². The standard InChI is InChI=1S/C15H28N2O2S2/c1-6-9-16-11-14-12(4)10-15(20-14)21(18,19)17(5)13(7-2)8-3/h10,13,16H,6-9,11H2,1-5H3. The number of nitrogens with one attached hydrogen (secondary N) is 1. The largest absolute Gasteiger partial charge is 0.312 e. The molecule has 0 aromatic carbocycles. The predicted molar refractivity (Wildman–Crippen MR) is 90.4 cm³/mol. The Hall–Kier alpha value is -0.430. The molecule has 1 N–H and O–H groups in total. The van der Waals surface area contributed by atoms with Crippen LogP contribution in [0.25, 0.3) is 0 Å². The van der Waals surface area contributed by atoms with Crippen molar-refractivity contribution in [3.8, 4) is 0 Å². The molecule has 21 heavy (non-hydrogen) atoms. The van der Waals surface area contributed by atoms with Crippen LogP contribution < -0.4 is 5.32 Å². The lowest BCUT2D eigenvalue weighted by molar-refractivity contribution is 0.350. The molecule has 1 heterocycles. The van der Waals surface area contributed by atoms with Gasteiger partial charge in [0.1, 0.15) is 4.21 Å². The van der Waals surface area contributed by atoms with E-state index in [9.17, 15) is 8.42 Å². The van der Waals surface area contributed by atoms with Crippen LogP contribution in [0.3, 0.4) is 0 Å². The molecule has 0 saturated heterocycles. The van der Waals surface area contributed by atoms with Crippen LogP contribution in [0.4, 0.5) is 0 Å². The fraction of sp³-hybridized carbons (Fsp3) is 0.733. The zero-order chi connectivity index (χ0) is 16.0. The topological polar surface area (TPSA) is 49.4 Å². The minimum Gasteiger partial charge on any atom is -0.312 e. The van der Waals surface area contributed by atoms with Crippen molar-refractivity contribution in [1.29, 1.82) is 0 Å². The summed E-state index contributed by atoms with van der Waals surface area (Å²) in [4.78, 5) is 1.11. The van der Waals surface area contributed by atoms with Gasteiger partial charge in [-0.05, 0) is 44.4 Å². The van der Waals surface area contributed by atoms with E-state index in [-0.39, 0.29) is 6.04 Å². The molecular weight excluding hydrogens is 304 g/mol. The number of hydrogen-bond acceptors (Lipinski definition) is 4. The van der Waals surface area contributed by atoms with Gasteiger partial charge in [0.15, 0.2) is 0 Å². The second-order valence-corrected chi connectivity index (χ2v) is 8.70. The van der Waals surface area contributed by atoms with E-state index in [0.29, 0.717) is 4.21 Å². The van der Waals surface area contributed by atoms with E-state index in [1.54, 1.807) is 7.05 Å². The first kappa shape index (κ1) is 18.6. The summed E-state index contributed by atoms with van der Waals surface area (Å²) in [5.41, 5.74) is 1.06. The van der Waals surface area contributed by atoms with E-state index in [1.807, 2.05) is 26.8 Å². The van der Waals surface area contributed by atoms with Crippen LogP contribution in [0, 0.1) is 6.92 Å². The second kappa shape index (κ2) is 8.27. The van der Waals surface area contributed by atoms with Crippen molar-refractivity contribution in [2.24, 2.45) is 0 Å². The fourth-order valence-corrected chi connectivity index (χ4v) is 5.56. The maximum atomic E-state index is 12.7. The third-order valence-corrected chi connectivity index (χ3v) is 7.40. The van der Waals surface area contributed by atoms with Gasteiger partial charge in [-0.2, -0.15) is 4.31 Å². The van der Waals surface area contributed by atoms with Crippen molar-refractivity contribution in [2.75, 3.05) is 13.6 Å². The number of rotatable bonds is 9. The van der Waals surface area contributed by atoms with Crippen molar-refractivity contribution in [3.63, 3.8) is 0 Å². The first-order valence-electron chi connectivity index (χ1n) is 7.66. The van der Waals surface area contributed by atoms with Gasteiger partial charge in [-0.25, -0.2) is 8.42 Å². The first-order valence-corrected chi connectivity index (χ1v) is 9.92. The minimum atomic E-state index is -3.37. The van der Waals surface area contributed by atoms with Gasteiger partial charge in [-0.1, -0.05) is 20.8 Å². The molecular formula is C15H28N2O2S2. The minimum absolute atomic E-state index is 0.0686. The van der Waals surface area contributed by atoms with Gasteiger partial charge in [-0.15, -0.1) is 11.3 Å². The summed E-state index contributed by atoms with van der Waals surface area (Å²) < 4.78 is 27.4. The second-order valence-electron chi connectivity index (χ2n) is 5.34. The van der Waals surface area contributed by atoms with E-state index in [1.165, 1.54) is 15.6 Å². The molecule has 6 heteroatoms. The van der Waals surface area contributed by atoms with Gasteiger partial charge in [0, 0.05) is 24.5 Å². The molecule has 122 valence electrons. The monoisotopic (exact) mass is 332 g/mol. The summed E-state index contributed by atoms with van der Waals surface area (Å²) in [5.74, 6) is 0. The Bertz CT molecular complexity index is 534. The molecule has 0 atom stereocenters. The Morgan fingerprint density at radius 1 is 1.29 bits per heavy atom. The lowest BCUT2D eigenvalue weighted by Crippen LogP contribution is -2.35. The van der Waals surface area contributed by atoms with Crippen LogP contribution in [-0.2, 0) is 16.6 Å². The molecule has 1 aromatic heterocycles. The molecule has 0 unspecified atom stereocenters. The number of sulfonamides is 1. The smallest absolute Gasteiger partial charge is 0.252 e. The van der Waals surface area contributed by atoms with Gasteiger partial charge in [-0.3, -0.25) is 0 Å². The molecule has 0 aliphatic heterocycles. The van der Waals surface area contributed by atoms with Gasteiger partial charge in [0.05, 0.1) is 0 Å². The van der Waals surface area contributed by atoms with E-state index in [4.69, 9.17) is 0 Å². The number of aryl methyl sites for hydroxylation is 1. The van der Waals surface area contributed by atoms with E-state index < -0.39 is 10.0 Å². The molecule has 0 amide bonds. The van der Waals surface area contributed by atoms with Gasteiger partial charge in [0.2, 0.25) is 0 Å². The van der Waals surface area contributed by atoms with Crippen LogP contribution in [0.1, 0.15) is 50.5 Å². The van der Waals surface area contributed by atoms with Gasteiger partial charge < -0.3 is 5.32 Å². The van der Waals surface area contributed by atoms with Crippen LogP contribution in [0.15, 0.2) is 10.3 Å². The van der Waals surface area contributed by atoms with Crippen molar-refractivity contribution in [1.82, 2.24) is 9.62 Å². The molecule has 0 aliphatic rings. The average molecular weight is 333 g/mol. The van der Waals surface area contributed by atoms with Crippen molar-refractivity contribution in [3.05, 3.63) is 16.5 Å². The Labute approximate surface area is 133 Å². The van der Waals surface area contributed by atoms with Crippen molar-refractivity contribution in [2.45, 2.75) is 63.8 Å². The summed E-state index contributed by atoms with van der Waals surface area (Å²) in [6.45, 7) is 9.85. The Morgan fingerprint density at radius 3 is 2.43 bits per heavy atom. The highest BCUT2D eigenvalue weighted by atomic mass is 32.2. The molecule has 0 aliphatic carbocycles. The van der Waals surface area contributed by atoms with Crippen LogP contribution in [-0.4, -0.2) is 32.4 Å². The molecule has 1 aromatic rings. The first-order chi connectivity index (χ1) is 9.88. The molecule has 0 saturated carbocycles. The highest BCUT2D eigenvalue weighted by molar-refractivity contribution is 7.91.